The number of piperidine rings is 1. The van der Waals surface area contributed by atoms with Crippen LogP contribution in [0.25, 0.3) is 0 Å². The van der Waals surface area contributed by atoms with Crippen molar-refractivity contribution in [2.75, 3.05) is 13.1 Å². The molecule has 1 fully saturated rings. The molecule has 1 rings (SSSR count). The average Bonchev–Trinajstić information content (AvgIpc) is 2.10. The van der Waals surface area contributed by atoms with E-state index >= 15 is 0 Å². The van der Waals surface area contributed by atoms with Gasteiger partial charge in [-0.25, -0.2) is 0 Å². The summed E-state index contributed by atoms with van der Waals surface area (Å²) < 4.78 is 0. The van der Waals surface area contributed by atoms with Crippen LogP contribution < -0.4 is 0 Å². The lowest BCUT2D eigenvalue weighted by molar-refractivity contribution is -0.132. The fourth-order valence-corrected chi connectivity index (χ4v) is 1.91. The smallest absolute Gasteiger partial charge is 0.222 e. The van der Waals surface area contributed by atoms with E-state index < -0.39 is 0 Å². The Bertz CT molecular complexity index is 184. The molecule has 1 amide bonds. The zero-order valence-electron chi connectivity index (χ0n) is 8.42. The fourth-order valence-electron chi connectivity index (χ4n) is 1.62. The van der Waals surface area contributed by atoms with Gasteiger partial charge in [-0.1, -0.05) is 13.8 Å². The van der Waals surface area contributed by atoms with Gasteiger partial charge in [0, 0.05) is 19.5 Å². The Morgan fingerprint density at radius 3 is 2.85 bits per heavy atom. The van der Waals surface area contributed by atoms with Gasteiger partial charge in [0.15, 0.2) is 0 Å². The summed E-state index contributed by atoms with van der Waals surface area (Å²) in [5, 5.41) is 0.148. The lowest BCUT2D eigenvalue weighted by Gasteiger charge is -2.34. The SMILES string of the molecule is CCCC(=O)N1CCC(C)C(Cl)C1. The normalized spacial score (nSPS) is 29.0. The van der Waals surface area contributed by atoms with Crippen LogP contribution in [0.15, 0.2) is 0 Å². The summed E-state index contributed by atoms with van der Waals surface area (Å²) >= 11 is 6.11. The highest BCUT2D eigenvalue weighted by molar-refractivity contribution is 6.21. The lowest BCUT2D eigenvalue weighted by Crippen LogP contribution is -2.43. The maximum Gasteiger partial charge on any atom is 0.222 e. The van der Waals surface area contributed by atoms with Crippen LogP contribution in [0.1, 0.15) is 33.1 Å². The summed E-state index contributed by atoms with van der Waals surface area (Å²) in [6.07, 6.45) is 2.64. The fraction of sp³-hybridized carbons (Fsp3) is 0.900. The van der Waals surface area contributed by atoms with E-state index in [1.165, 1.54) is 0 Å². The first-order valence-corrected chi connectivity index (χ1v) is 5.50. The predicted octanol–water partition coefficient (Wildman–Crippen LogP) is 2.26. The molecule has 1 aliphatic rings. The van der Waals surface area contributed by atoms with E-state index in [4.69, 9.17) is 11.6 Å². The molecule has 0 bridgehead atoms. The van der Waals surface area contributed by atoms with Crippen LogP contribution in [0.5, 0.6) is 0 Å². The molecule has 1 heterocycles. The zero-order chi connectivity index (χ0) is 9.84. The van der Waals surface area contributed by atoms with Gasteiger partial charge in [0.25, 0.3) is 0 Å². The summed E-state index contributed by atoms with van der Waals surface area (Å²) in [4.78, 5) is 13.4. The third-order valence-corrected chi connectivity index (χ3v) is 3.25. The number of hydrogen-bond acceptors (Lipinski definition) is 1. The Labute approximate surface area is 85.2 Å². The minimum Gasteiger partial charge on any atom is -0.341 e. The molecule has 76 valence electrons. The van der Waals surface area contributed by atoms with Crippen LogP contribution in [-0.2, 0) is 4.79 Å². The van der Waals surface area contributed by atoms with Gasteiger partial charge in [0.2, 0.25) is 5.91 Å². The van der Waals surface area contributed by atoms with Gasteiger partial charge in [-0.3, -0.25) is 4.79 Å². The highest BCUT2D eigenvalue weighted by Gasteiger charge is 2.26. The van der Waals surface area contributed by atoms with Crippen molar-refractivity contribution in [2.24, 2.45) is 5.92 Å². The van der Waals surface area contributed by atoms with Gasteiger partial charge in [0.1, 0.15) is 0 Å². The molecular formula is C10H18ClNO. The minimum atomic E-state index is 0.148. The Kier molecular flexibility index (Phi) is 4.04. The van der Waals surface area contributed by atoms with Gasteiger partial charge in [0.05, 0.1) is 5.38 Å². The number of amides is 1. The molecule has 3 heteroatoms. The molecule has 13 heavy (non-hydrogen) atoms. The Balaban J connectivity index is 2.40. The summed E-state index contributed by atoms with van der Waals surface area (Å²) in [5.41, 5.74) is 0. The molecule has 0 aromatic rings. The molecular weight excluding hydrogens is 186 g/mol. The van der Waals surface area contributed by atoms with E-state index in [9.17, 15) is 4.79 Å². The number of alkyl halides is 1. The van der Waals surface area contributed by atoms with Crippen molar-refractivity contribution < 1.29 is 4.79 Å². The van der Waals surface area contributed by atoms with Crippen LogP contribution in [0, 0.1) is 5.92 Å². The quantitative estimate of drug-likeness (QED) is 0.631. The molecule has 0 aliphatic carbocycles. The van der Waals surface area contributed by atoms with Crippen molar-refractivity contribution in [3.63, 3.8) is 0 Å². The molecule has 1 aliphatic heterocycles. The van der Waals surface area contributed by atoms with Crippen LogP contribution in [0.3, 0.4) is 0 Å². The number of hydrogen-bond donors (Lipinski definition) is 0. The van der Waals surface area contributed by atoms with E-state index in [-0.39, 0.29) is 11.3 Å². The molecule has 2 nitrogen and oxygen atoms in total. The van der Waals surface area contributed by atoms with Crippen LogP contribution in [0.2, 0.25) is 0 Å². The molecule has 0 N–H and O–H groups in total. The third kappa shape index (κ3) is 2.87. The summed E-state index contributed by atoms with van der Waals surface area (Å²) in [5.74, 6) is 0.812. The average molecular weight is 204 g/mol. The molecule has 2 atom stereocenters. The number of carbonyl (C=O) groups excluding carboxylic acids is 1. The molecule has 0 aromatic carbocycles. The Morgan fingerprint density at radius 2 is 2.31 bits per heavy atom. The Hall–Kier alpha value is -0.240. The monoisotopic (exact) mass is 203 g/mol. The number of halogens is 1. The zero-order valence-corrected chi connectivity index (χ0v) is 9.18. The second-order valence-corrected chi connectivity index (χ2v) is 4.43. The highest BCUT2D eigenvalue weighted by Crippen LogP contribution is 2.22. The van der Waals surface area contributed by atoms with Crippen LogP contribution in [-0.4, -0.2) is 29.3 Å². The van der Waals surface area contributed by atoms with Crippen LogP contribution >= 0.6 is 11.6 Å². The first kappa shape index (κ1) is 10.8. The summed E-state index contributed by atoms with van der Waals surface area (Å²) in [6.45, 7) is 5.81. The standard InChI is InChI=1S/C10H18ClNO/c1-3-4-10(13)12-6-5-8(2)9(11)7-12/h8-9H,3-7H2,1-2H3. The lowest BCUT2D eigenvalue weighted by atomic mass is 9.98. The van der Waals surface area contributed by atoms with Gasteiger partial charge in [-0.05, 0) is 18.8 Å². The van der Waals surface area contributed by atoms with Crippen molar-refractivity contribution in [3.05, 3.63) is 0 Å². The summed E-state index contributed by atoms with van der Waals surface area (Å²) in [6, 6.07) is 0. The van der Waals surface area contributed by atoms with E-state index in [0.717, 1.165) is 25.9 Å². The van der Waals surface area contributed by atoms with Crippen molar-refractivity contribution >= 4 is 17.5 Å². The predicted molar refractivity (Wildman–Crippen MR) is 54.9 cm³/mol. The van der Waals surface area contributed by atoms with Crippen molar-refractivity contribution in [1.82, 2.24) is 4.90 Å². The van der Waals surface area contributed by atoms with Crippen LogP contribution in [0.4, 0.5) is 0 Å². The molecule has 0 aromatic heterocycles. The summed E-state index contributed by atoms with van der Waals surface area (Å²) in [7, 11) is 0. The largest absolute Gasteiger partial charge is 0.341 e. The number of carbonyl (C=O) groups is 1. The molecule has 0 radical (unpaired) electrons. The highest BCUT2D eigenvalue weighted by atomic mass is 35.5. The first-order chi connectivity index (χ1) is 6.15. The Morgan fingerprint density at radius 1 is 1.62 bits per heavy atom. The van der Waals surface area contributed by atoms with E-state index in [1.807, 2.05) is 11.8 Å². The number of nitrogens with zero attached hydrogens (tertiary/aromatic N) is 1. The third-order valence-electron chi connectivity index (χ3n) is 2.68. The minimum absolute atomic E-state index is 0.148. The first-order valence-electron chi connectivity index (χ1n) is 5.07. The topological polar surface area (TPSA) is 20.3 Å². The second-order valence-electron chi connectivity index (χ2n) is 3.87. The van der Waals surface area contributed by atoms with Gasteiger partial charge < -0.3 is 4.90 Å². The molecule has 0 saturated carbocycles. The maximum absolute atomic E-state index is 11.5. The van der Waals surface area contributed by atoms with Crippen molar-refractivity contribution in [2.45, 2.75) is 38.5 Å². The number of likely N-dealkylation sites (tertiary alicyclic amines) is 1. The van der Waals surface area contributed by atoms with Gasteiger partial charge >= 0.3 is 0 Å². The van der Waals surface area contributed by atoms with Gasteiger partial charge in [-0.2, -0.15) is 0 Å². The molecule has 2 unspecified atom stereocenters. The molecule has 1 saturated heterocycles. The number of rotatable bonds is 2. The van der Waals surface area contributed by atoms with Crippen molar-refractivity contribution in [3.8, 4) is 0 Å². The molecule has 0 spiro atoms. The van der Waals surface area contributed by atoms with E-state index in [2.05, 4.69) is 6.92 Å². The van der Waals surface area contributed by atoms with Crippen molar-refractivity contribution in [1.29, 1.82) is 0 Å². The van der Waals surface area contributed by atoms with E-state index in [0.29, 0.717) is 12.3 Å². The maximum atomic E-state index is 11.5. The second kappa shape index (κ2) is 4.85. The van der Waals surface area contributed by atoms with E-state index in [1.54, 1.807) is 0 Å². The van der Waals surface area contributed by atoms with Gasteiger partial charge in [-0.15, -0.1) is 11.6 Å².